The molecule has 3 aliphatic carbocycles. The average Bonchev–Trinajstić information content (AvgIpc) is 3.28. The zero-order valence-electron chi connectivity index (χ0n) is 15.7. The number of hydrogen-bond acceptors (Lipinski definition) is 4. The number of nitrogens with one attached hydrogen (secondary N) is 2. The van der Waals surface area contributed by atoms with Gasteiger partial charge in [0.05, 0.1) is 17.0 Å². The van der Waals surface area contributed by atoms with Crippen molar-refractivity contribution in [3.63, 3.8) is 0 Å². The van der Waals surface area contributed by atoms with E-state index in [2.05, 4.69) is 10.6 Å². The van der Waals surface area contributed by atoms with Gasteiger partial charge >= 0.3 is 0 Å². The van der Waals surface area contributed by atoms with Gasteiger partial charge in [-0.05, 0) is 50.7 Å². The molecule has 6 nitrogen and oxygen atoms in total. The Morgan fingerprint density at radius 3 is 2.82 bits per heavy atom. The second-order valence-corrected chi connectivity index (χ2v) is 8.56. The van der Waals surface area contributed by atoms with E-state index in [1.165, 1.54) is 12.1 Å². The number of carbonyl (C=O) groups is 2. The third-order valence-electron chi connectivity index (χ3n) is 6.19. The summed E-state index contributed by atoms with van der Waals surface area (Å²) in [6.07, 6.45) is 3.21. The minimum Gasteiger partial charge on any atom is -0.484 e. The summed E-state index contributed by atoms with van der Waals surface area (Å²) in [7, 11) is 0. The standard InChI is InChI=1S/C20H24ClFN2O4/c1-11-14(4-5-27-11)19(26)24-20-7-12(8-20)17(9-20)23-18(25)10-28-13-2-3-15(21)16(22)6-13/h2-3,6,11-12,14,17H,4-5,7-10H2,1H3,(H,23,25)(H,24,26)/t11?,12?,14?,17-,20?/m0/s1. The molecule has 1 saturated heterocycles. The lowest BCUT2D eigenvalue weighted by molar-refractivity contribution is -0.129. The third-order valence-corrected chi connectivity index (χ3v) is 6.50. The predicted octanol–water partition coefficient (Wildman–Crippen LogP) is 2.44. The van der Waals surface area contributed by atoms with E-state index in [0.29, 0.717) is 12.5 Å². The van der Waals surface area contributed by atoms with E-state index in [1.54, 1.807) is 0 Å². The monoisotopic (exact) mass is 410 g/mol. The van der Waals surface area contributed by atoms with Gasteiger partial charge in [-0.25, -0.2) is 4.39 Å². The van der Waals surface area contributed by atoms with Gasteiger partial charge in [-0.3, -0.25) is 9.59 Å². The Kier molecular flexibility index (Phi) is 5.22. The first kappa shape index (κ1) is 19.5. The first-order valence-electron chi connectivity index (χ1n) is 9.66. The van der Waals surface area contributed by atoms with Crippen molar-refractivity contribution in [1.82, 2.24) is 10.6 Å². The molecule has 2 bridgehead atoms. The van der Waals surface area contributed by atoms with Crippen LogP contribution < -0.4 is 15.4 Å². The van der Waals surface area contributed by atoms with Gasteiger partial charge in [-0.1, -0.05) is 11.6 Å². The Morgan fingerprint density at radius 2 is 2.14 bits per heavy atom. The van der Waals surface area contributed by atoms with Crippen molar-refractivity contribution in [3.8, 4) is 5.75 Å². The van der Waals surface area contributed by atoms with Crippen LogP contribution in [0, 0.1) is 17.7 Å². The minimum absolute atomic E-state index is 0.00781. The molecule has 2 N–H and O–H groups in total. The Labute approximate surface area is 168 Å². The first-order valence-corrected chi connectivity index (χ1v) is 10.0. The lowest BCUT2D eigenvalue weighted by atomic mass is 9.76. The highest BCUT2D eigenvalue weighted by Crippen LogP contribution is 2.52. The Morgan fingerprint density at radius 1 is 1.36 bits per heavy atom. The molecule has 2 amide bonds. The van der Waals surface area contributed by atoms with Crippen LogP contribution >= 0.6 is 11.6 Å². The van der Waals surface area contributed by atoms with E-state index in [-0.39, 0.29) is 52.8 Å². The smallest absolute Gasteiger partial charge is 0.258 e. The van der Waals surface area contributed by atoms with Crippen molar-refractivity contribution in [2.45, 2.75) is 50.3 Å². The van der Waals surface area contributed by atoms with Crippen LogP contribution in [0.1, 0.15) is 32.6 Å². The summed E-state index contributed by atoms with van der Waals surface area (Å²) >= 11 is 5.63. The molecular weight excluding hydrogens is 387 g/mol. The van der Waals surface area contributed by atoms with Crippen LogP contribution in [0.5, 0.6) is 5.75 Å². The number of benzene rings is 1. The number of amides is 2. The van der Waals surface area contributed by atoms with Gasteiger partial charge in [0.25, 0.3) is 5.91 Å². The number of halogens is 2. The summed E-state index contributed by atoms with van der Waals surface area (Å²) < 4.78 is 24.2. The predicted molar refractivity (Wildman–Crippen MR) is 101 cm³/mol. The van der Waals surface area contributed by atoms with Gasteiger partial charge in [0.2, 0.25) is 5.91 Å². The van der Waals surface area contributed by atoms with Crippen LogP contribution in [-0.2, 0) is 14.3 Å². The molecule has 1 aromatic rings. The normalized spacial score (nSPS) is 33.2. The first-order chi connectivity index (χ1) is 13.3. The molecule has 1 aromatic carbocycles. The second-order valence-electron chi connectivity index (χ2n) is 8.15. The highest BCUT2D eigenvalue weighted by Gasteiger charge is 2.57. The summed E-state index contributed by atoms with van der Waals surface area (Å²) in [5.74, 6) is -0.249. The quantitative estimate of drug-likeness (QED) is 0.755. The Hall–Kier alpha value is -1.86. The molecule has 1 aliphatic heterocycles. The van der Waals surface area contributed by atoms with Crippen molar-refractivity contribution >= 4 is 23.4 Å². The number of rotatable bonds is 6. The molecule has 4 aliphatic rings. The van der Waals surface area contributed by atoms with Crippen molar-refractivity contribution < 1.29 is 23.5 Å². The number of carbonyl (C=O) groups excluding carboxylic acids is 2. The maximum Gasteiger partial charge on any atom is 0.258 e. The van der Waals surface area contributed by atoms with Gasteiger partial charge in [0.1, 0.15) is 11.6 Å². The Balaban J connectivity index is 1.25. The molecule has 2 unspecified atom stereocenters. The highest BCUT2D eigenvalue weighted by molar-refractivity contribution is 6.30. The minimum atomic E-state index is -0.587. The van der Waals surface area contributed by atoms with Gasteiger partial charge in [0.15, 0.2) is 6.61 Å². The van der Waals surface area contributed by atoms with Crippen molar-refractivity contribution in [2.24, 2.45) is 11.8 Å². The SMILES string of the molecule is CC1OCCC1C(=O)NC12CC(C1)[C@@H](NC(=O)COc1ccc(Cl)c(F)c1)C2. The molecule has 0 radical (unpaired) electrons. The van der Waals surface area contributed by atoms with E-state index in [0.717, 1.165) is 31.7 Å². The Bertz CT molecular complexity index is 783. The average molecular weight is 411 g/mol. The zero-order valence-corrected chi connectivity index (χ0v) is 16.4. The van der Waals surface area contributed by atoms with Crippen molar-refractivity contribution in [3.05, 3.63) is 29.0 Å². The molecule has 3 atom stereocenters. The number of fused-ring (bicyclic) bond motifs is 1. The maximum atomic E-state index is 13.4. The molecule has 4 fully saturated rings. The fourth-order valence-electron chi connectivity index (χ4n) is 4.70. The van der Waals surface area contributed by atoms with Crippen LogP contribution in [0.2, 0.25) is 5.02 Å². The van der Waals surface area contributed by atoms with Crippen LogP contribution in [0.3, 0.4) is 0 Å². The van der Waals surface area contributed by atoms with Gasteiger partial charge in [0, 0.05) is 24.3 Å². The van der Waals surface area contributed by atoms with Crippen molar-refractivity contribution in [1.29, 1.82) is 0 Å². The van der Waals surface area contributed by atoms with Crippen LogP contribution in [0.15, 0.2) is 18.2 Å². The lowest BCUT2D eigenvalue weighted by Gasteiger charge is -2.40. The fourth-order valence-corrected chi connectivity index (χ4v) is 4.82. The molecule has 152 valence electrons. The number of ether oxygens (including phenoxy) is 2. The van der Waals surface area contributed by atoms with Gasteiger partial charge in [-0.2, -0.15) is 0 Å². The van der Waals surface area contributed by atoms with E-state index in [9.17, 15) is 14.0 Å². The summed E-state index contributed by atoms with van der Waals surface area (Å²) in [5.41, 5.74) is -0.206. The van der Waals surface area contributed by atoms with E-state index >= 15 is 0 Å². The van der Waals surface area contributed by atoms with Crippen molar-refractivity contribution in [2.75, 3.05) is 13.2 Å². The molecular formula is C20H24ClFN2O4. The molecule has 1 heterocycles. The molecule has 0 spiro atoms. The van der Waals surface area contributed by atoms with E-state index in [1.807, 2.05) is 6.92 Å². The highest BCUT2D eigenvalue weighted by atomic mass is 35.5. The van der Waals surface area contributed by atoms with E-state index < -0.39 is 5.82 Å². The zero-order chi connectivity index (χ0) is 19.9. The summed E-state index contributed by atoms with van der Waals surface area (Å²) in [6, 6.07) is 4.08. The van der Waals surface area contributed by atoms with Crippen LogP contribution in [-0.4, -0.2) is 42.7 Å². The molecule has 28 heavy (non-hydrogen) atoms. The van der Waals surface area contributed by atoms with Crippen LogP contribution in [0.25, 0.3) is 0 Å². The largest absolute Gasteiger partial charge is 0.484 e. The molecule has 5 rings (SSSR count). The second kappa shape index (κ2) is 7.52. The fraction of sp³-hybridized carbons (Fsp3) is 0.600. The summed E-state index contributed by atoms with van der Waals surface area (Å²) in [6.45, 7) is 2.37. The summed E-state index contributed by atoms with van der Waals surface area (Å²) in [4.78, 5) is 24.7. The molecule has 3 saturated carbocycles. The number of hydrogen-bond donors (Lipinski definition) is 2. The van der Waals surface area contributed by atoms with E-state index in [4.69, 9.17) is 21.1 Å². The lowest BCUT2D eigenvalue weighted by Crippen LogP contribution is -2.54. The maximum absolute atomic E-state index is 13.4. The van der Waals surface area contributed by atoms with Gasteiger partial charge < -0.3 is 20.1 Å². The van der Waals surface area contributed by atoms with Gasteiger partial charge in [-0.15, -0.1) is 0 Å². The summed E-state index contributed by atoms with van der Waals surface area (Å²) in [5, 5.41) is 6.20. The van der Waals surface area contributed by atoms with Crippen LogP contribution in [0.4, 0.5) is 4.39 Å². The topological polar surface area (TPSA) is 76.7 Å². The molecule has 0 aromatic heterocycles. The third kappa shape index (κ3) is 3.82. The molecule has 8 heteroatoms.